The molecule has 2 aromatic carbocycles. The van der Waals surface area contributed by atoms with Gasteiger partial charge in [0.2, 0.25) is 0 Å². The molecule has 2 aromatic rings. The summed E-state index contributed by atoms with van der Waals surface area (Å²) < 4.78 is 10.4. The summed E-state index contributed by atoms with van der Waals surface area (Å²) in [6, 6.07) is 11.2. The Labute approximate surface area is 137 Å². The maximum Gasteiger partial charge on any atom is 0.266 e. The molecule has 0 radical (unpaired) electrons. The van der Waals surface area contributed by atoms with Crippen LogP contribution in [0.2, 0.25) is 0 Å². The molecule has 122 valence electrons. The summed E-state index contributed by atoms with van der Waals surface area (Å²) in [6.07, 6.45) is 0. The summed E-state index contributed by atoms with van der Waals surface area (Å²) >= 11 is 0. The molecule has 7 nitrogen and oxygen atoms in total. The molecule has 3 amide bonds. The van der Waals surface area contributed by atoms with Crippen molar-refractivity contribution >= 4 is 23.4 Å². The van der Waals surface area contributed by atoms with Crippen LogP contribution in [0.5, 0.6) is 11.5 Å². The summed E-state index contributed by atoms with van der Waals surface area (Å²) in [6.45, 7) is -0.303. The Kier molecular flexibility index (Phi) is 3.91. The largest absolute Gasteiger partial charge is 0.493 e. The van der Waals surface area contributed by atoms with Gasteiger partial charge in [0.1, 0.15) is 0 Å². The molecule has 0 atom stereocenters. The van der Waals surface area contributed by atoms with Crippen molar-refractivity contribution in [3.05, 3.63) is 53.6 Å². The molecule has 7 heteroatoms. The predicted octanol–water partition coefficient (Wildman–Crippen LogP) is 1.36. The topological polar surface area (TPSA) is 98.9 Å². The zero-order chi connectivity index (χ0) is 17.3. The predicted molar refractivity (Wildman–Crippen MR) is 85.3 cm³/mol. The molecule has 0 fully saturated rings. The molecule has 0 saturated heterocycles. The minimum Gasteiger partial charge on any atom is -0.493 e. The minimum absolute atomic E-state index is 0.283. The summed E-state index contributed by atoms with van der Waals surface area (Å²) in [4.78, 5) is 36.9. The number of nitrogens with two attached hydrogens (primary N) is 1. The minimum atomic E-state index is -0.624. The van der Waals surface area contributed by atoms with Crippen LogP contribution in [0.4, 0.5) is 5.69 Å². The molecule has 1 aliphatic rings. The van der Waals surface area contributed by atoms with Crippen LogP contribution < -0.4 is 20.1 Å². The highest BCUT2D eigenvalue weighted by molar-refractivity contribution is 6.34. The second-order valence-electron chi connectivity index (χ2n) is 5.08. The van der Waals surface area contributed by atoms with Crippen molar-refractivity contribution in [2.45, 2.75) is 0 Å². The maximum atomic E-state index is 12.5. The molecular formula is C17H14N2O5. The number of amides is 3. The Bertz CT molecular complexity index is 812. The molecular weight excluding hydrogens is 312 g/mol. The van der Waals surface area contributed by atoms with Gasteiger partial charge in [0.15, 0.2) is 18.1 Å². The van der Waals surface area contributed by atoms with E-state index in [-0.39, 0.29) is 18.1 Å². The van der Waals surface area contributed by atoms with Gasteiger partial charge in [-0.3, -0.25) is 14.4 Å². The van der Waals surface area contributed by atoms with Gasteiger partial charge in [-0.2, -0.15) is 0 Å². The number of fused-ring (bicyclic) bond motifs is 1. The molecule has 1 aliphatic heterocycles. The molecule has 0 spiro atoms. The first-order valence-corrected chi connectivity index (χ1v) is 7.10. The molecule has 1 heterocycles. The van der Waals surface area contributed by atoms with E-state index in [2.05, 4.69) is 0 Å². The fourth-order valence-corrected chi connectivity index (χ4v) is 2.49. The second-order valence-corrected chi connectivity index (χ2v) is 5.08. The third-order valence-electron chi connectivity index (χ3n) is 3.57. The Balaban J connectivity index is 1.95. The molecule has 0 bridgehead atoms. The highest BCUT2D eigenvalue weighted by atomic mass is 16.5. The Morgan fingerprint density at radius 3 is 2.21 bits per heavy atom. The van der Waals surface area contributed by atoms with Gasteiger partial charge in [0.25, 0.3) is 17.7 Å². The van der Waals surface area contributed by atoms with Gasteiger partial charge in [-0.05, 0) is 24.3 Å². The number of carbonyl (C=O) groups excluding carboxylic acids is 3. The zero-order valence-electron chi connectivity index (χ0n) is 12.8. The van der Waals surface area contributed by atoms with Gasteiger partial charge in [0.05, 0.1) is 23.9 Å². The van der Waals surface area contributed by atoms with Crippen LogP contribution in [0.1, 0.15) is 20.7 Å². The van der Waals surface area contributed by atoms with Gasteiger partial charge in [-0.15, -0.1) is 0 Å². The van der Waals surface area contributed by atoms with Crippen molar-refractivity contribution < 1.29 is 23.9 Å². The number of rotatable bonds is 5. The lowest BCUT2D eigenvalue weighted by atomic mass is 10.1. The van der Waals surface area contributed by atoms with E-state index >= 15 is 0 Å². The van der Waals surface area contributed by atoms with E-state index in [1.54, 1.807) is 30.3 Å². The number of hydrogen-bond acceptors (Lipinski definition) is 5. The van der Waals surface area contributed by atoms with E-state index < -0.39 is 17.7 Å². The van der Waals surface area contributed by atoms with Crippen molar-refractivity contribution in [3.8, 4) is 11.5 Å². The van der Waals surface area contributed by atoms with E-state index in [1.165, 1.54) is 19.2 Å². The molecule has 24 heavy (non-hydrogen) atoms. The number of anilines is 1. The highest BCUT2D eigenvalue weighted by Crippen LogP contribution is 2.35. The number of benzene rings is 2. The van der Waals surface area contributed by atoms with Gasteiger partial charge < -0.3 is 15.2 Å². The van der Waals surface area contributed by atoms with Gasteiger partial charge in [-0.1, -0.05) is 12.1 Å². The lowest BCUT2D eigenvalue weighted by molar-refractivity contribution is -0.119. The molecule has 0 aliphatic carbocycles. The SMILES string of the molecule is COc1cc(N2C(=O)c3ccccc3C2=O)ccc1OCC(N)=O. The van der Waals surface area contributed by atoms with Crippen LogP contribution in [0.25, 0.3) is 0 Å². The molecule has 2 N–H and O–H groups in total. The average molecular weight is 326 g/mol. The molecule has 0 aromatic heterocycles. The fourth-order valence-electron chi connectivity index (χ4n) is 2.49. The van der Waals surface area contributed by atoms with Crippen LogP contribution in [0, 0.1) is 0 Å². The summed E-state index contributed by atoms with van der Waals surface area (Å²) in [7, 11) is 1.42. The van der Waals surface area contributed by atoms with E-state index in [0.717, 1.165) is 4.90 Å². The normalized spacial score (nSPS) is 13.0. The van der Waals surface area contributed by atoms with E-state index in [4.69, 9.17) is 15.2 Å². The quantitative estimate of drug-likeness (QED) is 0.836. The van der Waals surface area contributed by atoms with Crippen LogP contribution in [-0.4, -0.2) is 31.4 Å². The van der Waals surface area contributed by atoms with Crippen LogP contribution >= 0.6 is 0 Å². The number of ether oxygens (including phenoxy) is 2. The first-order valence-electron chi connectivity index (χ1n) is 7.10. The van der Waals surface area contributed by atoms with E-state index in [1.807, 2.05) is 0 Å². The third kappa shape index (κ3) is 2.56. The molecule has 3 rings (SSSR count). The van der Waals surface area contributed by atoms with Crippen LogP contribution in [0.15, 0.2) is 42.5 Å². The summed E-state index contributed by atoms with van der Waals surface area (Å²) in [5.41, 5.74) is 6.11. The van der Waals surface area contributed by atoms with Crippen molar-refractivity contribution in [1.29, 1.82) is 0 Å². The standard InChI is InChI=1S/C17H14N2O5/c1-23-14-8-10(6-7-13(14)24-9-15(18)20)19-16(21)11-4-2-3-5-12(11)17(19)22/h2-8H,9H2,1H3,(H2,18,20). The second kappa shape index (κ2) is 6.04. The monoisotopic (exact) mass is 326 g/mol. The van der Waals surface area contributed by atoms with Gasteiger partial charge in [-0.25, -0.2) is 4.90 Å². The lowest BCUT2D eigenvalue weighted by Gasteiger charge is -2.16. The van der Waals surface area contributed by atoms with Crippen molar-refractivity contribution in [2.24, 2.45) is 5.73 Å². The van der Waals surface area contributed by atoms with Crippen LogP contribution in [-0.2, 0) is 4.79 Å². The number of primary amides is 1. The Morgan fingerprint density at radius 1 is 1.04 bits per heavy atom. The zero-order valence-corrected chi connectivity index (χ0v) is 12.8. The average Bonchev–Trinajstić information content (AvgIpc) is 2.84. The number of methoxy groups -OCH3 is 1. The van der Waals surface area contributed by atoms with Crippen molar-refractivity contribution in [1.82, 2.24) is 0 Å². The highest BCUT2D eigenvalue weighted by Gasteiger charge is 2.36. The fraction of sp³-hybridized carbons (Fsp3) is 0.118. The third-order valence-corrected chi connectivity index (χ3v) is 3.57. The number of carbonyl (C=O) groups is 3. The van der Waals surface area contributed by atoms with E-state index in [9.17, 15) is 14.4 Å². The number of hydrogen-bond donors (Lipinski definition) is 1. The van der Waals surface area contributed by atoms with Gasteiger partial charge in [0, 0.05) is 6.07 Å². The van der Waals surface area contributed by atoms with Crippen LogP contribution in [0.3, 0.4) is 0 Å². The van der Waals surface area contributed by atoms with E-state index in [0.29, 0.717) is 16.8 Å². The summed E-state index contributed by atoms with van der Waals surface area (Å²) in [5.74, 6) is -0.852. The lowest BCUT2D eigenvalue weighted by Crippen LogP contribution is -2.29. The Morgan fingerprint density at radius 2 is 1.67 bits per heavy atom. The smallest absolute Gasteiger partial charge is 0.266 e. The first kappa shape index (κ1) is 15.5. The summed E-state index contributed by atoms with van der Waals surface area (Å²) in [5, 5.41) is 0. The number of imide groups is 1. The maximum absolute atomic E-state index is 12.5. The van der Waals surface area contributed by atoms with Crippen molar-refractivity contribution in [3.63, 3.8) is 0 Å². The van der Waals surface area contributed by atoms with Crippen molar-refractivity contribution in [2.75, 3.05) is 18.6 Å². The van der Waals surface area contributed by atoms with Gasteiger partial charge >= 0.3 is 0 Å². The first-order chi connectivity index (χ1) is 11.5. The number of nitrogens with zero attached hydrogens (tertiary/aromatic N) is 1. The Hall–Kier alpha value is -3.35. The molecule has 0 saturated carbocycles. The molecule has 0 unspecified atom stereocenters.